The number of hydrogen-bond acceptors (Lipinski definition) is 5. The Kier molecular flexibility index (Phi) is 4.51. The first kappa shape index (κ1) is 16.3. The molecule has 0 saturated heterocycles. The molecule has 0 fully saturated rings. The van der Waals surface area contributed by atoms with Crippen molar-refractivity contribution >= 4 is 23.2 Å². The lowest BCUT2D eigenvalue weighted by atomic mass is 10.2. The van der Waals surface area contributed by atoms with Gasteiger partial charge in [-0.3, -0.25) is 14.6 Å². The van der Waals surface area contributed by atoms with Gasteiger partial charge in [0.15, 0.2) is 0 Å². The molecule has 7 nitrogen and oxygen atoms in total. The lowest BCUT2D eigenvalue weighted by Gasteiger charge is -2.09. The van der Waals surface area contributed by atoms with Crippen LogP contribution in [0.2, 0.25) is 0 Å². The molecule has 0 aliphatic heterocycles. The highest BCUT2D eigenvalue weighted by Gasteiger charge is 2.15. The van der Waals surface area contributed by atoms with E-state index in [1.165, 1.54) is 43.1 Å². The molecule has 2 amide bonds. The predicted octanol–water partition coefficient (Wildman–Crippen LogP) is 3.02. The second-order valence-electron chi connectivity index (χ2n) is 5.08. The Bertz CT molecular complexity index is 925. The van der Waals surface area contributed by atoms with E-state index in [0.29, 0.717) is 17.0 Å². The number of carbonyl (C=O) groups excluding carboxylic acids is 2. The molecule has 3 aromatic rings. The topological polar surface area (TPSA) is 97.1 Å². The van der Waals surface area contributed by atoms with E-state index in [2.05, 4.69) is 20.6 Å². The summed E-state index contributed by atoms with van der Waals surface area (Å²) in [6, 6.07) is 5.33. The Morgan fingerprint density at radius 2 is 1.96 bits per heavy atom. The van der Waals surface area contributed by atoms with E-state index in [9.17, 15) is 14.0 Å². The van der Waals surface area contributed by atoms with Crippen molar-refractivity contribution in [3.05, 3.63) is 72.0 Å². The third-order valence-corrected chi connectivity index (χ3v) is 3.37. The fourth-order valence-electron chi connectivity index (χ4n) is 2.12. The van der Waals surface area contributed by atoms with Crippen molar-refractivity contribution < 1.29 is 18.4 Å². The first-order valence-electron chi connectivity index (χ1n) is 7.27. The number of amides is 2. The van der Waals surface area contributed by atoms with E-state index in [1.807, 2.05) is 0 Å². The summed E-state index contributed by atoms with van der Waals surface area (Å²) in [4.78, 5) is 31.9. The molecule has 0 atom stereocenters. The molecule has 2 N–H and O–H groups in total. The summed E-state index contributed by atoms with van der Waals surface area (Å²) < 4.78 is 19.0. The number of nitrogens with zero attached hydrogens (tertiary/aromatic N) is 2. The van der Waals surface area contributed by atoms with E-state index in [0.717, 1.165) is 6.07 Å². The second-order valence-corrected chi connectivity index (χ2v) is 5.08. The van der Waals surface area contributed by atoms with Gasteiger partial charge in [0.1, 0.15) is 17.3 Å². The molecule has 3 rings (SSSR count). The van der Waals surface area contributed by atoms with Crippen LogP contribution in [-0.2, 0) is 0 Å². The summed E-state index contributed by atoms with van der Waals surface area (Å²) in [6.07, 6.45) is 5.51. The number of halogens is 1. The first-order chi connectivity index (χ1) is 12.0. The van der Waals surface area contributed by atoms with Gasteiger partial charge in [0.2, 0.25) is 0 Å². The van der Waals surface area contributed by atoms with Gasteiger partial charge in [-0.1, -0.05) is 0 Å². The quantitative estimate of drug-likeness (QED) is 0.761. The molecular formula is C17H13FN4O3. The van der Waals surface area contributed by atoms with E-state index in [-0.39, 0.29) is 11.4 Å². The van der Waals surface area contributed by atoms with Crippen LogP contribution in [0.3, 0.4) is 0 Å². The molecule has 2 aromatic heterocycles. The third-order valence-electron chi connectivity index (χ3n) is 3.37. The summed E-state index contributed by atoms with van der Waals surface area (Å²) in [5.41, 5.74) is 0.652. The van der Waals surface area contributed by atoms with E-state index >= 15 is 0 Å². The van der Waals surface area contributed by atoms with Crippen LogP contribution < -0.4 is 10.6 Å². The molecule has 0 bridgehead atoms. The molecule has 2 heterocycles. The Hall–Kier alpha value is -3.55. The normalized spacial score (nSPS) is 10.3. The maximum atomic E-state index is 14.0. The zero-order valence-electron chi connectivity index (χ0n) is 13.1. The summed E-state index contributed by atoms with van der Waals surface area (Å²) >= 11 is 0. The van der Waals surface area contributed by atoms with Crippen molar-refractivity contribution in [3.8, 4) is 0 Å². The molecule has 0 aliphatic rings. The molecule has 126 valence electrons. The SMILES string of the molecule is Cc1occc1C(=O)Nc1cc(NC(=O)c2cnccn2)ccc1F. The van der Waals surface area contributed by atoms with Crippen molar-refractivity contribution in [1.29, 1.82) is 0 Å². The van der Waals surface area contributed by atoms with Crippen molar-refractivity contribution in [3.63, 3.8) is 0 Å². The van der Waals surface area contributed by atoms with Crippen LogP contribution in [-0.4, -0.2) is 21.8 Å². The number of hydrogen-bond donors (Lipinski definition) is 2. The minimum absolute atomic E-state index is 0.0671. The molecule has 0 unspecified atom stereocenters. The van der Waals surface area contributed by atoms with E-state index in [1.54, 1.807) is 6.92 Å². The highest BCUT2D eigenvalue weighted by molar-refractivity contribution is 6.06. The Morgan fingerprint density at radius 3 is 2.64 bits per heavy atom. The second kappa shape index (κ2) is 6.91. The number of aryl methyl sites for hydroxylation is 1. The van der Waals surface area contributed by atoms with Gasteiger partial charge in [0, 0.05) is 18.1 Å². The van der Waals surface area contributed by atoms with Gasteiger partial charge < -0.3 is 15.1 Å². The van der Waals surface area contributed by atoms with Crippen molar-refractivity contribution in [2.45, 2.75) is 6.92 Å². The highest BCUT2D eigenvalue weighted by atomic mass is 19.1. The lowest BCUT2D eigenvalue weighted by molar-refractivity contribution is 0.101. The average Bonchev–Trinajstić information content (AvgIpc) is 3.04. The van der Waals surface area contributed by atoms with Crippen LogP contribution in [0.5, 0.6) is 0 Å². The Balaban J connectivity index is 1.78. The molecular weight excluding hydrogens is 327 g/mol. The van der Waals surface area contributed by atoms with Gasteiger partial charge in [-0.2, -0.15) is 0 Å². The predicted molar refractivity (Wildman–Crippen MR) is 87.8 cm³/mol. The molecule has 0 spiro atoms. The van der Waals surface area contributed by atoms with Crippen molar-refractivity contribution in [2.75, 3.05) is 10.6 Å². The van der Waals surface area contributed by atoms with Gasteiger partial charge in [0.25, 0.3) is 11.8 Å². The lowest BCUT2D eigenvalue weighted by Crippen LogP contribution is -2.16. The summed E-state index contributed by atoms with van der Waals surface area (Å²) in [7, 11) is 0. The number of nitrogens with one attached hydrogen (secondary N) is 2. The molecule has 0 aliphatic carbocycles. The fourth-order valence-corrected chi connectivity index (χ4v) is 2.12. The van der Waals surface area contributed by atoms with E-state index < -0.39 is 17.6 Å². The summed E-state index contributed by atoms with van der Waals surface area (Å²) in [5, 5.41) is 5.02. The van der Waals surface area contributed by atoms with Gasteiger partial charge in [-0.25, -0.2) is 9.37 Å². The zero-order chi connectivity index (χ0) is 17.8. The molecule has 0 radical (unpaired) electrons. The van der Waals surface area contributed by atoms with Crippen LogP contribution in [0.25, 0.3) is 0 Å². The maximum Gasteiger partial charge on any atom is 0.275 e. The fraction of sp³-hybridized carbons (Fsp3) is 0.0588. The van der Waals surface area contributed by atoms with Gasteiger partial charge in [-0.15, -0.1) is 0 Å². The van der Waals surface area contributed by atoms with Crippen molar-refractivity contribution in [2.24, 2.45) is 0 Å². The standard InChI is InChI=1S/C17H13FN4O3/c1-10-12(4-7-25-10)16(23)22-14-8-11(2-3-13(14)18)21-17(24)15-9-19-5-6-20-15/h2-9H,1H3,(H,21,24)(H,22,23). The number of rotatable bonds is 4. The van der Waals surface area contributed by atoms with Crippen LogP contribution in [0.4, 0.5) is 15.8 Å². The third kappa shape index (κ3) is 3.69. The van der Waals surface area contributed by atoms with Crippen LogP contribution >= 0.6 is 0 Å². The molecule has 1 aromatic carbocycles. The largest absolute Gasteiger partial charge is 0.469 e. The number of benzene rings is 1. The minimum Gasteiger partial charge on any atom is -0.469 e. The van der Waals surface area contributed by atoms with Crippen molar-refractivity contribution in [1.82, 2.24) is 9.97 Å². The molecule has 25 heavy (non-hydrogen) atoms. The number of aromatic nitrogens is 2. The highest BCUT2D eigenvalue weighted by Crippen LogP contribution is 2.21. The van der Waals surface area contributed by atoms with Gasteiger partial charge >= 0.3 is 0 Å². The van der Waals surface area contributed by atoms with Crippen LogP contribution in [0.1, 0.15) is 26.6 Å². The van der Waals surface area contributed by atoms with Crippen LogP contribution in [0, 0.1) is 12.7 Å². The summed E-state index contributed by atoms with van der Waals surface area (Å²) in [6.45, 7) is 1.63. The Labute approximate surface area is 141 Å². The van der Waals surface area contributed by atoms with Gasteiger partial charge in [0.05, 0.1) is 23.7 Å². The Morgan fingerprint density at radius 1 is 1.12 bits per heavy atom. The number of carbonyl (C=O) groups is 2. The smallest absolute Gasteiger partial charge is 0.275 e. The van der Waals surface area contributed by atoms with E-state index in [4.69, 9.17) is 4.42 Å². The maximum absolute atomic E-state index is 14.0. The monoisotopic (exact) mass is 340 g/mol. The number of furan rings is 1. The molecule has 8 heteroatoms. The summed E-state index contributed by atoms with van der Waals surface area (Å²) in [5.74, 6) is -1.22. The van der Waals surface area contributed by atoms with Gasteiger partial charge in [-0.05, 0) is 31.2 Å². The zero-order valence-corrected chi connectivity index (χ0v) is 13.1. The van der Waals surface area contributed by atoms with Crippen LogP contribution in [0.15, 0.2) is 53.5 Å². The first-order valence-corrected chi connectivity index (χ1v) is 7.27. The average molecular weight is 340 g/mol. The minimum atomic E-state index is -0.632. The number of anilines is 2. The molecule has 0 saturated carbocycles.